The van der Waals surface area contributed by atoms with Crippen LogP contribution < -0.4 is 21.5 Å². The standard InChI is InChI=1S/C23H20N8O2/c1-3-14-11-16(13-18(12-14)33-2)19(28-17-7-5-15(6-8-17)20(24)25)21-29-23(32)31(30-21)22-26-9-4-10-27-22/h1,4-13,19,28H,2H3,(H3,24,25)(H,29,30,32)/t19-/m0/s1. The van der Waals surface area contributed by atoms with Gasteiger partial charge in [0.2, 0.25) is 0 Å². The second kappa shape index (κ2) is 9.07. The van der Waals surface area contributed by atoms with E-state index in [0.29, 0.717) is 34.0 Å². The van der Waals surface area contributed by atoms with Crippen molar-refractivity contribution in [1.29, 1.82) is 5.41 Å². The van der Waals surface area contributed by atoms with Crippen LogP contribution in [0.15, 0.2) is 65.7 Å². The summed E-state index contributed by atoms with van der Waals surface area (Å²) in [6.45, 7) is 0. The third kappa shape index (κ3) is 4.57. The molecule has 5 N–H and O–H groups in total. The fourth-order valence-electron chi connectivity index (χ4n) is 3.22. The Balaban J connectivity index is 1.81. The van der Waals surface area contributed by atoms with Crippen LogP contribution in [-0.2, 0) is 0 Å². The maximum atomic E-state index is 12.6. The minimum absolute atomic E-state index is 0.0320. The Kier molecular flexibility index (Phi) is 5.86. The SMILES string of the molecule is C#Cc1cc(OC)cc([C@H](Nc2ccc(C(=N)N)cc2)c2nn(-c3ncccn3)c(=O)[nH]2)c1. The molecule has 0 aliphatic heterocycles. The first kappa shape index (κ1) is 21.3. The van der Waals surface area contributed by atoms with Crippen molar-refractivity contribution in [2.45, 2.75) is 6.04 Å². The highest BCUT2D eigenvalue weighted by atomic mass is 16.5. The highest BCUT2D eigenvalue weighted by Gasteiger charge is 2.22. The van der Waals surface area contributed by atoms with Crippen molar-refractivity contribution in [3.8, 4) is 24.0 Å². The summed E-state index contributed by atoms with van der Waals surface area (Å²) in [5, 5.41) is 15.3. The summed E-state index contributed by atoms with van der Waals surface area (Å²) in [7, 11) is 1.55. The number of anilines is 1. The van der Waals surface area contributed by atoms with Gasteiger partial charge in [-0.15, -0.1) is 16.2 Å². The zero-order valence-electron chi connectivity index (χ0n) is 17.6. The molecular formula is C23H20N8O2. The monoisotopic (exact) mass is 440 g/mol. The van der Waals surface area contributed by atoms with E-state index in [1.807, 2.05) is 0 Å². The van der Waals surface area contributed by atoms with Gasteiger partial charge in [-0.2, -0.15) is 0 Å². The lowest BCUT2D eigenvalue weighted by molar-refractivity contribution is 0.414. The molecule has 10 heteroatoms. The van der Waals surface area contributed by atoms with Crippen molar-refractivity contribution in [2.24, 2.45) is 5.73 Å². The van der Waals surface area contributed by atoms with Gasteiger partial charge in [0.05, 0.1) is 7.11 Å². The van der Waals surface area contributed by atoms with E-state index < -0.39 is 11.7 Å². The number of nitrogens with zero attached hydrogens (tertiary/aromatic N) is 4. The molecule has 10 nitrogen and oxygen atoms in total. The van der Waals surface area contributed by atoms with Crippen LogP contribution in [0, 0.1) is 17.8 Å². The summed E-state index contributed by atoms with van der Waals surface area (Å²) >= 11 is 0. The molecule has 164 valence electrons. The van der Waals surface area contributed by atoms with Gasteiger partial charge >= 0.3 is 5.69 Å². The van der Waals surface area contributed by atoms with Gasteiger partial charge < -0.3 is 15.8 Å². The minimum Gasteiger partial charge on any atom is -0.497 e. The van der Waals surface area contributed by atoms with E-state index in [9.17, 15) is 4.79 Å². The first-order chi connectivity index (χ1) is 16.0. The highest BCUT2D eigenvalue weighted by Crippen LogP contribution is 2.28. The Labute approximate surface area is 189 Å². The molecular weight excluding hydrogens is 420 g/mol. The number of hydrogen-bond acceptors (Lipinski definition) is 7. The third-order valence-electron chi connectivity index (χ3n) is 4.82. The molecule has 33 heavy (non-hydrogen) atoms. The molecule has 0 unspecified atom stereocenters. The van der Waals surface area contributed by atoms with Crippen LogP contribution in [0.1, 0.15) is 28.6 Å². The van der Waals surface area contributed by atoms with E-state index in [-0.39, 0.29) is 11.8 Å². The number of nitrogen functional groups attached to an aromatic ring is 1. The molecule has 0 saturated carbocycles. The summed E-state index contributed by atoms with van der Waals surface area (Å²) in [6, 6.07) is 13.4. The summed E-state index contributed by atoms with van der Waals surface area (Å²) < 4.78 is 6.48. The Morgan fingerprint density at radius 3 is 2.61 bits per heavy atom. The second-order valence-corrected chi connectivity index (χ2v) is 6.98. The number of rotatable bonds is 7. The van der Waals surface area contributed by atoms with Crippen LogP contribution in [0.2, 0.25) is 0 Å². The van der Waals surface area contributed by atoms with Crippen LogP contribution in [0.3, 0.4) is 0 Å². The number of benzene rings is 2. The second-order valence-electron chi connectivity index (χ2n) is 6.98. The van der Waals surface area contributed by atoms with Gasteiger partial charge in [0, 0.05) is 29.2 Å². The lowest BCUT2D eigenvalue weighted by atomic mass is 10.0. The molecule has 0 bridgehead atoms. The normalized spacial score (nSPS) is 11.4. The number of ether oxygens (including phenoxy) is 1. The summed E-state index contributed by atoms with van der Waals surface area (Å²) in [5.74, 6) is 3.60. The van der Waals surface area contributed by atoms with Crippen molar-refractivity contribution in [1.82, 2.24) is 24.7 Å². The van der Waals surface area contributed by atoms with Crippen molar-refractivity contribution in [2.75, 3.05) is 12.4 Å². The Bertz CT molecular complexity index is 1380. The quantitative estimate of drug-likeness (QED) is 0.195. The Hall–Kier alpha value is -4.91. The van der Waals surface area contributed by atoms with Crippen molar-refractivity contribution >= 4 is 11.5 Å². The maximum absolute atomic E-state index is 12.6. The van der Waals surface area contributed by atoms with Gasteiger partial charge in [0.25, 0.3) is 5.95 Å². The molecule has 2 aromatic heterocycles. The Morgan fingerprint density at radius 1 is 1.24 bits per heavy atom. The number of nitrogens with two attached hydrogens (primary N) is 1. The van der Waals surface area contributed by atoms with Crippen LogP contribution >= 0.6 is 0 Å². The maximum Gasteiger partial charge on any atom is 0.350 e. The average molecular weight is 440 g/mol. The van der Waals surface area contributed by atoms with E-state index in [2.05, 4.69) is 31.3 Å². The van der Waals surface area contributed by atoms with E-state index >= 15 is 0 Å². The molecule has 0 aliphatic rings. The first-order valence-electron chi connectivity index (χ1n) is 9.81. The van der Waals surface area contributed by atoms with Crippen molar-refractivity contribution in [3.05, 3.63) is 93.9 Å². The van der Waals surface area contributed by atoms with Gasteiger partial charge in [0.15, 0.2) is 5.82 Å². The van der Waals surface area contributed by atoms with Crippen LogP contribution in [0.4, 0.5) is 5.69 Å². The summed E-state index contributed by atoms with van der Waals surface area (Å²) in [6.07, 6.45) is 8.68. The smallest absolute Gasteiger partial charge is 0.350 e. The van der Waals surface area contributed by atoms with Gasteiger partial charge in [-0.25, -0.2) is 14.8 Å². The average Bonchev–Trinajstić information content (AvgIpc) is 3.24. The lowest BCUT2D eigenvalue weighted by Crippen LogP contribution is -2.18. The molecule has 0 saturated heterocycles. The number of aromatic amines is 1. The fraction of sp³-hybridized carbons (Fsp3) is 0.0870. The van der Waals surface area contributed by atoms with Gasteiger partial charge in [-0.1, -0.05) is 5.92 Å². The summed E-state index contributed by atoms with van der Waals surface area (Å²) in [4.78, 5) is 23.6. The number of terminal acetylenes is 1. The first-order valence-corrected chi connectivity index (χ1v) is 9.81. The molecule has 4 aromatic rings. The van der Waals surface area contributed by atoms with E-state index in [1.54, 1.807) is 55.6 Å². The largest absolute Gasteiger partial charge is 0.497 e. The number of H-pyrrole nitrogens is 1. The number of aromatic nitrogens is 5. The van der Waals surface area contributed by atoms with Crippen molar-refractivity contribution in [3.63, 3.8) is 0 Å². The molecule has 2 heterocycles. The van der Waals surface area contributed by atoms with Crippen LogP contribution in [0.25, 0.3) is 5.95 Å². The van der Waals surface area contributed by atoms with Crippen LogP contribution in [-0.4, -0.2) is 37.7 Å². The van der Waals surface area contributed by atoms with E-state index in [0.717, 1.165) is 4.68 Å². The molecule has 0 fully saturated rings. The molecule has 1 atom stereocenters. The predicted molar refractivity (Wildman–Crippen MR) is 124 cm³/mol. The summed E-state index contributed by atoms with van der Waals surface area (Å²) in [5.41, 5.74) is 7.68. The van der Waals surface area contributed by atoms with Crippen molar-refractivity contribution < 1.29 is 4.74 Å². The molecule has 0 aliphatic carbocycles. The number of hydrogen-bond donors (Lipinski definition) is 4. The van der Waals surface area contributed by atoms with Gasteiger partial charge in [-0.3, -0.25) is 10.4 Å². The topological polar surface area (TPSA) is 148 Å². The van der Waals surface area contributed by atoms with E-state index in [1.165, 1.54) is 12.4 Å². The van der Waals surface area contributed by atoms with Gasteiger partial charge in [-0.05, 0) is 54.1 Å². The van der Waals surface area contributed by atoms with E-state index in [4.69, 9.17) is 22.3 Å². The molecule has 4 rings (SSSR count). The molecule has 2 aromatic carbocycles. The minimum atomic E-state index is -0.604. The third-order valence-corrected chi connectivity index (χ3v) is 4.82. The molecule has 0 amide bonds. The molecule has 0 spiro atoms. The number of methoxy groups -OCH3 is 1. The fourth-order valence-corrected chi connectivity index (χ4v) is 3.22. The highest BCUT2D eigenvalue weighted by molar-refractivity contribution is 5.95. The number of amidine groups is 1. The van der Waals surface area contributed by atoms with Gasteiger partial charge in [0.1, 0.15) is 17.6 Å². The number of nitrogens with one attached hydrogen (secondary N) is 3. The van der Waals surface area contributed by atoms with Crippen LogP contribution in [0.5, 0.6) is 5.75 Å². The predicted octanol–water partition coefficient (Wildman–Crippen LogP) is 1.83. The Morgan fingerprint density at radius 2 is 1.97 bits per heavy atom. The zero-order chi connectivity index (χ0) is 23.4. The molecule has 0 radical (unpaired) electrons. The lowest BCUT2D eigenvalue weighted by Gasteiger charge is -2.19. The zero-order valence-corrected chi connectivity index (χ0v) is 17.6.